The lowest BCUT2D eigenvalue weighted by molar-refractivity contribution is 0.397. The van der Waals surface area contributed by atoms with Crippen LogP contribution in [-0.4, -0.2) is 29.3 Å². The van der Waals surface area contributed by atoms with Gasteiger partial charge < -0.3 is 20.5 Å². The van der Waals surface area contributed by atoms with E-state index in [2.05, 4.69) is 4.98 Å². The second-order valence-electron chi connectivity index (χ2n) is 2.24. The van der Waals surface area contributed by atoms with Gasteiger partial charge in [0.2, 0.25) is 5.88 Å². The van der Waals surface area contributed by atoms with Gasteiger partial charge in [0.15, 0.2) is 0 Å². The van der Waals surface area contributed by atoms with Crippen molar-refractivity contribution in [3.05, 3.63) is 12.1 Å². The molecule has 0 atom stereocenters. The normalized spacial score (nSPS) is 9.58. The Kier molecular flexibility index (Phi) is 2.52. The van der Waals surface area contributed by atoms with Crippen LogP contribution >= 0.6 is 0 Å². The first kappa shape index (κ1) is 8.83. The van der Waals surface area contributed by atoms with Crippen LogP contribution in [0.5, 0.6) is 5.88 Å². The number of rotatable bonds is 2. The Hall–Kier alpha value is -1.27. The molecule has 0 bridgehead atoms. The number of nitrogens with zero attached hydrogens (tertiary/aromatic N) is 1. The van der Waals surface area contributed by atoms with E-state index in [1.165, 1.54) is 19.2 Å². The highest BCUT2D eigenvalue weighted by atomic mass is 16.5. The number of nitrogen functional groups attached to an aromatic ring is 1. The molecule has 0 aliphatic heterocycles. The molecule has 0 unspecified atom stereocenters. The average molecular weight is 168 g/mol. The van der Waals surface area contributed by atoms with E-state index in [-0.39, 0.29) is 17.2 Å². The molecule has 0 saturated carbocycles. The lowest BCUT2D eigenvalue weighted by Crippen LogP contribution is -2.30. The van der Waals surface area contributed by atoms with Gasteiger partial charge in [0.25, 0.3) is 0 Å². The SMILES string of the molecule is COc1cc(B(O)O)cc(N)n1. The van der Waals surface area contributed by atoms with Crippen LogP contribution in [0.4, 0.5) is 5.82 Å². The number of hydrogen-bond acceptors (Lipinski definition) is 5. The van der Waals surface area contributed by atoms with Gasteiger partial charge >= 0.3 is 7.12 Å². The van der Waals surface area contributed by atoms with Crippen LogP contribution in [0.1, 0.15) is 0 Å². The van der Waals surface area contributed by atoms with Gasteiger partial charge in [-0.1, -0.05) is 0 Å². The molecular weight excluding hydrogens is 159 g/mol. The van der Waals surface area contributed by atoms with Gasteiger partial charge in [0, 0.05) is 6.07 Å². The van der Waals surface area contributed by atoms with E-state index >= 15 is 0 Å². The maximum atomic E-state index is 8.78. The third-order valence-electron chi connectivity index (χ3n) is 1.35. The van der Waals surface area contributed by atoms with Crippen LogP contribution in [0.25, 0.3) is 0 Å². The molecule has 1 rings (SSSR count). The van der Waals surface area contributed by atoms with Crippen LogP contribution in [0.15, 0.2) is 12.1 Å². The summed E-state index contributed by atoms with van der Waals surface area (Å²) in [4.78, 5) is 3.77. The quantitative estimate of drug-likeness (QED) is 0.460. The molecule has 0 spiro atoms. The molecule has 6 heteroatoms. The highest BCUT2D eigenvalue weighted by Crippen LogP contribution is 2.05. The topological polar surface area (TPSA) is 88.6 Å². The van der Waals surface area contributed by atoms with Crippen molar-refractivity contribution in [1.82, 2.24) is 4.98 Å². The fraction of sp³-hybridized carbons (Fsp3) is 0.167. The molecule has 64 valence electrons. The molecule has 0 aliphatic rings. The Morgan fingerprint density at radius 2 is 2.17 bits per heavy atom. The Morgan fingerprint density at radius 3 is 2.67 bits per heavy atom. The van der Waals surface area contributed by atoms with Crippen molar-refractivity contribution in [2.24, 2.45) is 0 Å². The zero-order valence-electron chi connectivity index (χ0n) is 6.56. The number of aromatic nitrogens is 1. The summed E-state index contributed by atoms with van der Waals surface area (Å²) in [6, 6.07) is 2.77. The number of anilines is 1. The first-order chi connectivity index (χ1) is 5.63. The predicted molar refractivity (Wildman–Crippen MR) is 45.0 cm³/mol. The Bertz CT molecular complexity index is 279. The van der Waals surface area contributed by atoms with E-state index in [1.54, 1.807) is 0 Å². The maximum absolute atomic E-state index is 8.78. The van der Waals surface area contributed by atoms with Crippen molar-refractivity contribution in [1.29, 1.82) is 0 Å². The molecule has 5 nitrogen and oxygen atoms in total. The van der Waals surface area contributed by atoms with Crippen molar-refractivity contribution in [3.63, 3.8) is 0 Å². The first-order valence-electron chi connectivity index (χ1n) is 3.31. The van der Waals surface area contributed by atoms with Crippen molar-refractivity contribution >= 4 is 18.4 Å². The van der Waals surface area contributed by atoms with Crippen LogP contribution in [0.2, 0.25) is 0 Å². The third kappa shape index (κ3) is 1.87. The lowest BCUT2D eigenvalue weighted by Gasteiger charge is -2.03. The summed E-state index contributed by atoms with van der Waals surface area (Å²) in [5, 5.41) is 17.6. The minimum atomic E-state index is -1.55. The molecule has 1 heterocycles. The van der Waals surface area contributed by atoms with Gasteiger partial charge in [-0.3, -0.25) is 0 Å². The lowest BCUT2D eigenvalue weighted by atomic mass is 9.81. The van der Waals surface area contributed by atoms with Gasteiger partial charge in [0.1, 0.15) is 5.82 Å². The number of nitrogens with two attached hydrogens (primary N) is 1. The van der Waals surface area contributed by atoms with Crippen molar-refractivity contribution in [2.75, 3.05) is 12.8 Å². The van der Waals surface area contributed by atoms with Crippen molar-refractivity contribution in [2.45, 2.75) is 0 Å². The molecule has 0 amide bonds. The summed E-state index contributed by atoms with van der Waals surface area (Å²) in [5.74, 6) is 0.454. The fourth-order valence-electron chi connectivity index (χ4n) is 0.800. The van der Waals surface area contributed by atoms with E-state index in [0.717, 1.165) is 0 Å². The summed E-state index contributed by atoms with van der Waals surface area (Å²) in [6.45, 7) is 0. The highest BCUT2D eigenvalue weighted by molar-refractivity contribution is 6.58. The smallest absolute Gasteiger partial charge is 0.481 e. The minimum absolute atomic E-state index is 0.192. The van der Waals surface area contributed by atoms with Gasteiger partial charge in [-0.05, 0) is 11.5 Å². The molecule has 0 radical (unpaired) electrons. The summed E-state index contributed by atoms with van der Waals surface area (Å²) >= 11 is 0. The van der Waals surface area contributed by atoms with Gasteiger partial charge in [0.05, 0.1) is 7.11 Å². The second kappa shape index (κ2) is 3.42. The van der Waals surface area contributed by atoms with Crippen LogP contribution < -0.4 is 15.9 Å². The van der Waals surface area contributed by atoms with E-state index < -0.39 is 7.12 Å². The molecule has 4 N–H and O–H groups in total. The fourth-order valence-corrected chi connectivity index (χ4v) is 0.800. The second-order valence-corrected chi connectivity index (χ2v) is 2.24. The standard InChI is InChI=1S/C6H9BN2O3/c1-12-6-3-4(7(10)11)2-5(8)9-6/h2-3,10-11H,1H3,(H2,8,9). The van der Waals surface area contributed by atoms with E-state index in [1.807, 2.05) is 0 Å². The molecule has 1 aromatic heterocycles. The van der Waals surface area contributed by atoms with Crippen LogP contribution in [-0.2, 0) is 0 Å². The number of hydrogen-bond donors (Lipinski definition) is 3. The Balaban J connectivity index is 3.06. The highest BCUT2D eigenvalue weighted by Gasteiger charge is 2.13. The summed E-state index contributed by atoms with van der Waals surface area (Å²) in [7, 11) is -0.126. The summed E-state index contributed by atoms with van der Waals surface area (Å²) in [5.41, 5.74) is 5.62. The molecular formula is C6H9BN2O3. The van der Waals surface area contributed by atoms with E-state index in [0.29, 0.717) is 0 Å². The van der Waals surface area contributed by atoms with Crippen LogP contribution in [0.3, 0.4) is 0 Å². The summed E-state index contributed by atoms with van der Waals surface area (Å²) < 4.78 is 4.77. The van der Waals surface area contributed by atoms with Gasteiger partial charge in [-0.25, -0.2) is 0 Å². The molecule has 0 fully saturated rings. The number of methoxy groups -OCH3 is 1. The Morgan fingerprint density at radius 1 is 1.50 bits per heavy atom. The molecule has 0 aliphatic carbocycles. The maximum Gasteiger partial charge on any atom is 0.488 e. The van der Waals surface area contributed by atoms with Gasteiger partial charge in [-0.15, -0.1) is 0 Å². The zero-order chi connectivity index (χ0) is 9.14. The largest absolute Gasteiger partial charge is 0.488 e. The monoisotopic (exact) mass is 168 g/mol. The van der Waals surface area contributed by atoms with E-state index in [9.17, 15) is 0 Å². The van der Waals surface area contributed by atoms with E-state index in [4.69, 9.17) is 20.5 Å². The first-order valence-corrected chi connectivity index (χ1v) is 3.31. The van der Waals surface area contributed by atoms with Crippen molar-refractivity contribution in [3.8, 4) is 5.88 Å². The van der Waals surface area contributed by atoms with Gasteiger partial charge in [-0.2, -0.15) is 4.98 Å². The van der Waals surface area contributed by atoms with Crippen molar-refractivity contribution < 1.29 is 14.8 Å². The number of pyridine rings is 1. The molecule has 12 heavy (non-hydrogen) atoms. The molecule has 1 aromatic rings. The average Bonchev–Trinajstić information content (AvgIpc) is 2.03. The minimum Gasteiger partial charge on any atom is -0.481 e. The van der Waals surface area contributed by atoms with Crippen LogP contribution in [0, 0.1) is 0 Å². The summed E-state index contributed by atoms with van der Waals surface area (Å²) in [6.07, 6.45) is 0. The predicted octanol–water partition coefficient (Wildman–Crippen LogP) is -1.65. The Labute approximate surface area is 70.0 Å². The number of ether oxygens (including phenoxy) is 1. The molecule has 0 aromatic carbocycles. The third-order valence-corrected chi connectivity index (χ3v) is 1.35. The zero-order valence-corrected chi connectivity index (χ0v) is 6.56. The molecule has 0 saturated heterocycles.